The fourth-order valence-corrected chi connectivity index (χ4v) is 7.23. The number of fused-ring (bicyclic) bond motifs is 1. The molecule has 3 aromatic rings. The monoisotopic (exact) mass is 727 g/mol. The molecular weight excluding hydrogens is 669 g/mol. The number of aromatic nitrogens is 5. The van der Waals surface area contributed by atoms with Gasteiger partial charge in [-0.05, 0) is 89.7 Å². The van der Waals surface area contributed by atoms with Gasteiger partial charge in [-0.2, -0.15) is 4.98 Å². The molecule has 51 heavy (non-hydrogen) atoms. The third kappa shape index (κ3) is 14.4. The predicted molar refractivity (Wildman–Crippen MR) is 201 cm³/mol. The van der Waals surface area contributed by atoms with Crippen molar-refractivity contribution in [2.75, 3.05) is 62.6 Å². The summed E-state index contributed by atoms with van der Waals surface area (Å²) in [5.74, 6) is 1.22. The molecule has 1 amide bonds. The van der Waals surface area contributed by atoms with Crippen molar-refractivity contribution in [3.8, 4) is 0 Å². The van der Waals surface area contributed by atoms with Crippen LogP contribution in [0.3, 0.4) is 0 Å². The first-order valence-electron chi connectivity index (χ1n) is 18.9. The smallest absolute Gasteiger partial charge is 0.327 e. The number of benzene rings is 1. The van der Waals surface area contributed by atoms with Crippen molar-refractivity contribution in [1.29, 1.82) is 0 Å². The Kier molecular flexibility index (Phi) is 15.9. The fraction of sp³-hybridized carbons (Fsp3) is 0.686. The quantitative estimate of drug-likeness (QED) is 0.0588. The lowest BCUT2D eigenvalue weighted by atomic mass is 9.95. The zero-order chi connectivity index (χ0) is 35.7. The highest BCUT2D eigenvalue weighted by molar-refractivity contribution is 7.51. The van der Waals surface area contributed by atoms with Crippen molar-refractivity contribution >= 4 is 36.2 Å². The molecule has 0 bridgehead atoms. The van der Waals surface area contributed by atoms with E-state index < -0.39 is 7.60 Å². The molecule has 2 fully saturated rings. The predicted octanol–water partition coefficient (Wildman–Crippen LogP) is 3.47. The third-order valence-electron chi connectivity index (χ3n) is 9.71. The molecule has 7 N–H and O–H groups in total. The molecule has 3 heterocycles. The van der Waals surface area contributed by atoms with Crippen LogP contribution in [-0.4, -0.2) is 110 Å². The number of hydrogen-bond acceptors (Lipinski definition) is 11. The molecular formula is C35H58N11O4P. The lowest BCUT2D eigenvalue weighted by molar-refractivity contribution is -0.121. The maximum atomic E-state index is 11.9. The van der Waals surface area contributed by atoms with E-state index in [-0.39, 0.29) is 18.6 Å². The van der Waals surface area contributed by atoms with E-state index in [0.717, 1.165) is 113 Å². The summed E-state index contributed by atoms with van der Waals surface area (Å²) in [6.07, 6.45) is 14.6. The van der Waals surface area contributed by atoms with Gasteiger partial charge in [0.15, 0.2) is 0 Å². The molecule has 16 heteroatoms. The summed E-state index contributed by atoms with van der Waals surface area (Å²) in [5.41, 5.74) is 1.72. The van der Waals surface area contributed by atoms with Crippen molar-refractivity contribution in [2.45, 2.75) is 102 Å². The van der Waals surface area contributed by atoms with E-state index in [2.05, 4.69) is 41.8 Å². The largest absolute Gasteiger partial charge is 0.367 e. The molecule has 1 saturated carbocycles. The molecule has 0 unspecified atom stereocenters. The van der Waals surface area contributed by atoms with Gasteiger partial charge in [0.25, 0.3) is 0 Å². The summed E-state index contributed by atoms with van der Waals surface area (Å²) in [5, 5.41) is 26.6. The fourth-order valence-electron chi connectivity index (χ4n) is 6.83. The Morgan fingerprint density at radius 1 is 0.882 bits per heavy atom. The Balaban J connectivity index is 0.982. The Morgan fingerprint density at radius 2 is 1.69 bits per heavy atom. The number of anilines is 2. The topological polar surface area (TPSA) is 194 Å². The molecule has 5 rings (SSSR count). The lowest BCUT2D eigenvalue weighted by Crippen LogP contribution is -2.39. The molecule has 2 aliphatic rings. The van der Waals surface area contributed by atoms with Gasteiger partial charge in [0.1, 0.15) is 11.5 Å². The highest BCUT2D eigenvalue weighted by Gasteiger charge is 2.21. The number of piperidine rings is 1. The molecule has 282 valence electrons. The Labute approximate surface area is 301 Å². The molecule has 1 aliphatic heterocycles. The number of likely N-dealkylation sites (tertiary alicyclic amines) is 1. The number of rotatable bonds is 22. The van der Waals surface area contributed by atoms with Gasteiger partial charge in [0.2, 0.25) is 11.9 Å². The molecule has 1 aromatic carbocycles. The van der Waals surface area contributed by atoms with Crippen LogP contribution in [0, 0.1) is 0 Å². The van der Waals surface area contributed by atoms with E-state index in [0.29, 0.717) is 25.0 Å². The number of amides is 1. The minimum atomic E-state index is -4.08. The van der Waals surface area contributed by atoms with E-state index in [4.69, 9.17) is 19.8 Å². The zero-order valence-electron chi connectivity index (χ0n) is 29.9. The maximum absolute atomic E-state index is 11.9. The van der Waals surface area contributed by atoms with Crippen LogP contribution in [0.4, 0.5) is 11.8 Å². The summed E-state index contributed by atoms with van der Waals surface area (Å²) >= 11 is 0. The molecule has 2 aromatic heterocycles. The van der Waals surface area contributed by atoms with Crippen molar-refractivity contribution in [2.24, 2.45) is 0 Å². The molecule has 0 atom stereocenters. The number of hydrogen-bond donors (Lipinski definition) is 7. The van der Waals surface area contributed by atoms with E-state index in [9.17, 15) is 9.36 Å². The van der Waals surface area contributed by atoms with Gasteiger partial charge in [-0.3, -0.25) is 14.0 Å². The number of para-hydroxylation sites is 1. The number of aryl methyl sites for hydroxylation is 1. The minimum Gasteiger partial charge on any atom is -0.367 e. The first kappa shape index (κ1) is 39.0. The highest BCUT2D eigenvalue weighted by atomic mass is 31.2. The Bertz CT molecular complexity index is 1520. The maximum Gasteiger partial charge on any atom is 0.327 e. The summed E-state index contributed by atoms with van der Waals surface area (Å²) in [6.45, 7) is 7.25. The van der Waals surface area contributed by atoms with Crippen LogP contribution >= 0.6 is 7.60 Å². The van der Waals surface area contributed by atoms with Crippen LogP contribution in [0.15, 0.2) is 30.5 Å². The van der Waals surface area contributed by atoms with Gasteiger partial charge in [-0.25, -0.2) is 4.98 Å². The minimum absolute atomic E-state index is 0.00280. The SMILES string of the molecule is O=C(CCCCN1CCC(Nc2nc(NCc3cn(CCCNCCCNC4CCCCC4)nn3)nc3ccccc23)CC1)NCCP(=O)(O)O. The van der Waals surface area contributed by atoms with E-state index >= 15 is 0 Å². The average Bonchev–Trinajstić information content (AvgIpc) is 3.58. The number of nitrogens with one attached hydrogen (secondary N) is 5. The second kappa shape index (κ2) is 20.7. The normalized spacial score (nSPS) is 16.4. The lowest BCUT2D eigenvalue weighted by Gasteiger charge is -2.32. The molecule has 0 radical (unpaired) electrons. The van der Waals surface area contributed by atoms with Gasteiger partial charge in [0.05, 0.1) is 24.4 Å². The van der Waals surface area contributed by atoms with Crippen LogP contribution in [0.5, 0.6) is 0 Å². The molecule has 0 spiro atoms. The summed E-state index contributed by atoms with van der Waals surface area (Å²) in [7, 11) is -4.08. The van der Waals surface area contributed by atoms with Crippen LogP contribution in [0.2, 0.25) is 0 Å². The average molecular weight is 728 g/mol. The van der Waals surface area contributed by atoms with Crippen LogP contribution in [-0.2, 0) is 22.4 Å². The third-order valence-corrected chi connectivity index (χ3v) is 10.5. The van der Waals surface area contributed by atoms with Gasteiger partial charge < -0.3 is 41.3 Å². The summed E-state index contributed by atoms with van der Waals surface area (Å²) in [4.78, 5) is 41.8. The van der Waals surface area contributed by atoms with Crippen LogP contribution in [0.1, 0.15) is 82.7 Å². The second-order valence-electron chi connectivity index (χ2n) is 13.9. The van der Waals surface area contributed by atoms with Crippen molar-refractivity contribution in [3.63, 3.8) is 0 Å². The molecule has 1 aliphatic carbocycles. The highest BCUT2D eigenvalue weighted by Crippen LogP contribution is 2.32. The van der Waals surface area contributed by atoms with E-state index in [1.807, 2.05) is 35.1 Å². The van der Waals surface area contributed by atoms with Gasteiger partial charge in [-0.15, -0.1) is 5.10 Å². The van der Waals surface area contributed by atoms with Crippen LogP contribution in [0.25, 0.3) is 10.9 Å². The number of nitrogens with zero attached hydrogens (tertiary/aromatic N) is 6. The van der Waals surface area contributed by atoms with Crippen molar-refractivity contribution in [3.05, 3.63) is 36.2 Å². The van der Waals surface area contributed by atoms with E-state index in [1.165, 1.54) is 32.1 Å². The van der Waals surface area contributed by atoms with E-state index in [1.54, 1.807) is 0 Å². The zero-order valence-corrected chi connectivity index (χ0v) is 30.8. The van der Waals surface area contributed by atoms with Crippen molar-refractivity contribution < 1.29 is 19.1 Å². The Hall–Kier alpha value is -3.20. The van der Waals surface area contributed by atoms with Crippen LogP contribution < -0.4 is 26.6 Å². The number of carbonyl (C=O) groups excluding carboxylic acids is 1. The van der Waals surface area contributed by atoms with Crippen molar-refractivity contribution in [1.82, 2.24) is 45.8 Å². The number of carbonyl (C=O) groups is 1. The summed E-state index contributed by atoms with van der Waals surface area (Å²) < 4.78 is 12.8. The van der Waals surface area contributed by atoms with Gasteiger partial charge >= 0.3 is 7.60 Å². The molecule has 1 saturated heterocycles. The summed E-state index contributed by atoms with van der Waals surface area (Å²) in [6, 6.07) is 9.07. The second-order valence-corrected chi connectivity index (χ2v) is 15.7. The first-order valence-corrected chi connectivity index (χ1v) is 20.7. The standard InChI is InChI=1S/C35H58N11O4P/c47-33(38-20-25-51(48,49)50)14-6-7-21-45-23-15-29(16-24-45)40-34-31-12-4-5-13-32(31)41-35(42-34)39-26-30-27-46(44-43-30)22-9-18-36-17-8-19-37-28-10-2-1-3-11-28/h4-5,12-13,27-29,36-37H,1-3,6-11,14-26H2,(H,38,47)(H2,48,49,50)(H2,39,40,41,42). The molecule has 15 nitrogen and oxygen atoms in total. The Morgan fingerprint density at radius 3 is 2.51 bits per heavy atom. The number of unbranched alkanes of at least 4 members (excludes halogenated alkanes) is 1. The van der Waals surface area contributed by atoms with Gasteiger partial charge in [0, 0.05) is 50.1 Å². The van der Waals surface area contributed by atoms with Gasteiger partial charge in [-0.1, -0.05) is 36.6 Å². The first-order chi connectivity index (χ1) is 24.8.